The fourth-order valence-corrected chi connectivity index (χ4v) is 2.16. The molecule has 1 unspecified atom stereocenters. The maximum Gasteiger partial charge on any atom is 0.245 e. The van der Waals surface area contributed by atoms with Crippen LogP contribution in [0.2, 0.25) is 0 Å². The zero-order chi connectivity index (χ0) is 13.8. The van der Waals surface area contributed by atoms with Gasteiger partial charge in [-0.15, -0.1) is 5.10 Å². The Balaban J connectivity index is 2.03. The molecule has 8 nitrogen and oxygen atoms in total. The molecule has 1 aliphatic heterocycles. The minimum Gasteiger partial charge on any atom is -0.353 e. The Morgan fingerprint density at radius 3 is 3.05 bits per heavy atom. The Morgan fingerprint density at radius 1 is 1.63 bits per heavy atom. The third-order valence-corrected chi connectivity index (χ3v) is 3.13. The summed E-state index contributed by atoms with van der Waals surface area (Å²) in [5.41, 5.74) is 6.07. The number of carbonyl (C=O) groups is 2. The Kier molecular flexibility index (Phi) is 4.10. The standard InChI is InChI=1S/C11H18N6O2/c1-2-9-11(19)13-3-4-17(9)10(18)7-16-6-8(5-12)14-15-16/h6,9H,2-5,7,12H2,1H3,(H,13,19). The van der Waals surface area contributed by atoms with E-state index in [0.717, 1.165) is 0 Å². The van der Waals surface area contributed by atoms with Crippen molar-refractivity contribution in [2.45, 2.75) is 32.5 Å². The molecule has 1 aliphatic rings. The van der Waals surface area contributed by atoms with Gasteiger partial charge >= 0.3 is 0 Å². The van der Waals surface area contributed by atoms with E-state index in [0.29, 0.717) is 25.2 Å². The lowest BCUT2D eigenvalue weighted by atomic mass is 10.1. The fraction of sp³-hybridized carbons (Fsp3) is 0.636. The summed E-state index contributed by atoms with van der Waals surface area (Å²) in [4.78, 5) is 25.5. The molecule has 1 aromatic heterocycles. The van der Waals surface area contributed by atoms with Gasteiger partial charge in [-0.2, -0.15) is 0 Å². The van der Waals surface area contributed by atoms with Crippen LogP contribution in [0.1, 0.15) is 19.0 Å². The van der Waals surface area contributed by atoms with Crippen LogP contribution in [0.4, 0.5) is 0 Å². The van der Waals surface area contributed by atoms with E-state index in [2.05, 4.69) is 15.6 Å². The third-order valence-electron chi connectivity index (χ3n) is 3.13. The summed E-state index contributed by atoms with van der Waals surface area (Å²) >= 11 is 0. The highest BCUT2D eigenvalue weighted by atomic mass is 16.2. The first-order valence-corrected chi connectivity index (χ1v) is 6.32. The second-order valence-electron chi connectivity index (χ2n) is 4.41. The normalized spacial score (nSPS) is 19.4. The second-order valence-corrected chi connectivity index (χ2v) is 4.41. The molecule has 104 valence electrons. The van der Waals surface area contributed by atoms with E-state index in [1.165, 1.54) is 4.68 Å². The van der Waals surface area contributed by atoms with Gasteiger partial charge in [0.2, 0.25) is 11.8 Å². The van der Waals surface area contributed by atoms with Gasteiger partial charge in [-0.25, -0.2) is 4.68 Å². The van der Waals surface area contributed by atoms with Crippen molar-refractivity contribution >= 4 is 11.8 Å². The maximum absolute atomic E-state index is 12.2. The van der Waals surface area contributed by atoms with Crippen LogP contribution in [0.15, 0.2) is 6.20 Å². The zero-order valence-electron chi connectivity index (χ0n) is 10.9. The predicted molar refractivity (Wildman–Crippen MR) is 66.7 cm³/mol. The van der Waals surface area contributed by atoms with E-state index in [-0.39, 0.29) is 24.9 Å². The monoisotopic (exact) mass is 266 g/mol. The molecule has 2 heterocycles. The summed E-state index contributed by atoms with van der Waals surface area (Å²) < 4.78 is 1.45. The number of aromatic nitrogens is 3. The van der Waals surface area contributed by atoms with E-state index in [1.807, 2.05) is 6.92 Å². The number of nitrogens with zero attached hydrogens (tertiary/aromatic N) is 4. The van der Waals surface area contributed by atoms with Crippen molar-refractivity contribution in [3.8, 4) is 0 Å². The highest BCUT2D eigenvalue weighted by molar-refractivity contribution is 5.88. The molecule has 1 saturated heterocycles. The second kappa shape index (κ2) is 5.79. The number of rotatable bonds is 4. The fourth-order valence-electron chi connectivity index (χ4n) is 2.16. The number of nitrogens with two attached hydrogens (primary N) is 1. The molecule has 19 heavy (non-hydrogen) atoms. The number of amides is 2. The molecule has 0 aliphatic carbocycles. The van der Waals surface area contributed by atoms with Crippen LogP contribution >= 0.6 is 0 Å². The molecular weight excluding hydrogens is 248 g/mol. The predicted octanol–water partition coefficient (Wildman–Crippen LogP) is -1.53. The average Bonchev–Trinajstić information content (AvgIpc) is 2.86. The van der Waals surface area contributed by atoms with E-state index in [4.69, 9.17) is 5.73 Å². The molecule has 2 rings (SSSR count). The summed E-state index contributed by atoms with van der Waals surface area (Å²) in [6, 6.07) is -0.390. The van der Waals surface area contributed by atoms with E-state index < -0.39 is 6.04 Å². The van der Waals surface area contributed by atoms with Crippen LogP contribution in [-0.2, 0) is 22.7 Å². The average molecular weight is 266 g/mol. The lowest BCUT2D eigenvalue weighted by molar-refractivity contribution is -0.143. The largest absolute Gasteiger partial charge is 0.353 e. The van der Waals surface area contributed by atoms with Crippen LogP contribution in [0.25, 0.3) is 0 Å². The van der Waals surface area contributed by atoms with Gasteiger partial charge in [-0.3, -0.25) is 9.59 Å². The van der Waals surface area contributed by atoms with E-state index in [1.54, 1.807) is 11.1 Å². The van der Waals surface area contributed by atoms with Crippen molar-refractivity contribution in [3.05, 3.63) is 11.9 Å². The van der Waals surface area contributed by atoms with Gasteiger partial charge in [-0.1, -0.05) is 12.1 Å². The molecule has 1 atom stereocenters. The number of nitrogens with one attached hydrogen (secondary N) is 1. The van der Waals surface area contributed by atoms with Crippen LogP contribution in [-0.4, -0.2) is 50.8 Å². The van der Waals surface area contributed by atoms with Gasteiger partial charge in [0.05, 0.1) is 11.9 Å². The van der Waals surface area contributed by atoms with Crippen molar-refractivity contribution in [1.29, 1.82) is 0 Å². The third kappa shape index (κ3) is 2.90. The van der Waals surface area contributed by atoms with Gasteiger partial charge in [0.25, 0.3) is 0 Å². The first kappa shape index (κ1) is 13.5. The lowest BCUT2D eigenvalue weighted by Crippen LogP contribution is -2.57. The minimum atomic E-state index is -0.390. The van der Waals surface area contributed by atoms with Crippen molar-refractivity contribution < 1.29 is 9.59 Å². The SMILES string of the molecule is CCC1C(=O)NCCN1C(=O)Cn1cc(CN)nn1. The number of carbonyl (C=O) groups excluding carboxylic acids is 2. The molecule has 3 N–H and O–H groups in total. The molecule has 8 heteroatoms. The van der Waals surface area contributed by atoms with Crippen LogP contribution in [0.3, 0.4) is 0 Å². The number of hydrogen-bond donors (Lipinski definition) is 2. The highest BCUT2D eigenvalue weighted by Crippen LogP contribution is 2.09. The number of hydrogen-bond acceptors (Lipinski definition) is 5. The maximum atomic E-state index is 12.2. The molecule has 0 radical (unpaired) electrons. The van der Waals surface area contributed by atoms with Gasteiger partial charge in [0.15, 0.2) is 0 Å². The molecule has 0 saturated carbocycles. The van der Waals surface area contributed by atoms with Crippen LogP contribution in [0.5, 0.6) is 0 Å². The zero-order valence-corrected chi connectivity index (χ0v) is 10.9. The topological polar surface area (TPSA) is 106 Å². The van der Waals surface area contributed by atoms with E-state index in [9.17, 15) is 9.59 Å². The summed E-state index contributed by atoms with van der Waals surface area (Å²) in [6.07, 6.45) is 2.24. The van der Waals surface area contributed by atoms with Crippen molar-refractivity contribution in [3.63, 3.8) is 0 Å². The van der Waals surface area contributed by atoms with Gasteiger partial charge in [0, 0.05) is 19.6 Å². The smallest absolute Gasteiger partial charge is 0.245 e. The summed E-state index contributed by atoms with van der Waals surface area (Å²) in [5, 5.41) is 10.4. The molecule has 2 amide bonds. The van der Waals surface area contributed by atoms with Crippen LogP contribution < -0.4 is 11.1 Å². The Morgan fingerprint density at radius 2 is 2.42 bits per heavy atom. The Hall–Kier alpha value is -1.96. The first-order valence-electron chi connectivity index (χ1n) is 6.32. The minimum absolute atomic E-state index is 0.0801. The molecule has 1 aromatic rings. The summed E-state index contributed by atoms with van der Waals surface area (Å²) in [7, 11) is 0. The van der Waals surface area contributed by atoms with Gasteiger partial charge in [0.1, 0.15) is 12.6 Å². The molecule has 1 fully saturated rings. The molecule has 0 spiro atoms. The quantitative estimate of drug-likeness (QED) is 0.688. The lowest BCUT2D eigenvalue weighted by Gasteiger charge is -2.34. The molecular formula is C11H18N6O2. The number of piperazine rings is 1. The van der Waals surface area contributed by atoms with Gasteiger partial charge < -0.3 is 16.0 Å². The Labute approximate surface area is 110 Å². The Bertz CT molecular complexity index is 472. The van der Waals surface area contributed by atoms with Gasteiger partial charge in [-0.05, 0) is 6.42 Å². The van der Waals surface area contributed by atoms with Crippen molar-refractivity contribution in [2.24, 2.45) is 5.73 Å². The van der Waals surface area contributed by atoms with Crippen LogP contribution in [0, 0.1) is 0 Å². The highest BCUT2D eigenvalue weighted by Gasteiger charge is 2.31. The van der Waals surface area contributed by atoms with Crippen molar-refractivity contribution in [2.75, 3.05) is 13.1 Å². The summed E-state index contributed by atoms with van der Waals surface area (Å²) in [5.74, 6) is -0.224. The first-order chi connectivity index (χ1) is 9.15. The van der Waals surface area contributed by atoms with Crippen molar-refractivity contribution in [1.82, 2.24) is 25.2 Å². The molecule has 0 bridgehead atoms. The molecule has 0 aromatic carbocycles. The summed E-state index contributed by atoms with van der Waals surface area (Å²) in [6.45, 7) is 3.28. The van der Waals surface area contributed by atoms with E-state index >= 15 is 0 Å².